The van der Waals surface area contributed by atoms with Crippen LogP contribution >= 0.6 is 0 Å². The van der Waals surface area contributed by atoms with Crippen LogP contribution in [0.1, 0.15) is 0 Å². The number of benzene rings is 6. The molecule has 2 nitrogen and oxygen atoms in total. The number of pyridine rings is 2. The van der Waals surface area contributed by atoms with Gasteiger partial charge in [-0.1, -0.05) is 115 Å². The second-order valence-electron chi connectivity index (χ2n) is 10.6. The van der Waals surface area contributed by atoms with E-state index in [0.717, 1.165) is 22.5 Å². The first-order valence-electron chi connectivity index (χ1n) is 14.2. The van der Waals surface area contributed by atoms with Gasteiger partial charge in [-0.3, -0.25) is 9.97 Å². The Morgan fingerprint density at radius 3 is 1.60 bits per heavy atom. The van der Waals surface area contributed by atoms with Crippen molar-refractivity contribution in [1.82, 2.24) is 9.97 Å². The van der Waals surface area contributed by atoms with Gasteiger partial charge in [-0.25, -0.2) is 0 Å². The van der Waals surface area contributed by atoms with Crippen molar-refractivity contribution in [1.29, 1.82) is 0 Å². The van der Waals surface area contributed by atoms with Gasteiger partial charge in [0.2, 0.25) is 0 Å². The molecule has 0 fully saturated rings. The van der Waals surface area contributed by atoms with Crippen LogP contribution in [-0.2, 0) is 0 Å². The Morgan fingerprint density at radius 2 is 0.881 bits per heavy atom. The topological polar surface area (TPSA) is 25.8 Å². The van der Waals surface area contributed by atoms with Crippen molar-refractivity contribution < 1.29 is 0 Å². The SMILES string of the molecule is c1ccc(-c2ccc(-c3c4ccccc4c(-c4cccc5ccccc45)c4ccc(-c5ccccn5)cc34)cc2)nc1. The number of fused-ring (bicyclic) bond motifs is 3. The highest BCUT2D eigenvalue weighted by molar-refractivity contribution is 6.24. The van der Waals surface area contributed by atoms with Crippen molar-refractivity contribution in [2.75, 3.05) is 0 Å². The van der Waals surface area contributed by atoms with E-state index in [1.165, 1.54) is 54.6 Å². The van der Waals surface area contributed by atoms with Crippen LogP contribution < -0.4 is 0 Å². The van der Waals surface area contributed by atoms with Gasteiger partial charge in [0, 0.05) is 23.5 Å². The second kappa shape index (κ2) is 10.1. The van der Waals surface area contributed by atoms with Gasteiger partial charge in [-0.15, -0.1) is 0 Å². The normalized spacial score (nSPS) is 11.3. The summed E-state index contributed by atoms with van der Waals surface area (Å²) in [5, 5.41) is 7.42. The third-order valence-electron chi connectivity index (χ3n) is 8.18. The molecule has 8 aromatic rings. The lowest BCUT2D eigenvalue weighted by molar-refractivity contribution is 1.33. The van der Waals surface area contributed by atoms with E-state index >= 15 is 0 Å². The third-order valence-corrected chi connectivity index (χ3v) is 8.18. The molecule has 8 rings (SSSR count). The smallest absolute Gasteiger partial charge is 0.0702 e. The number of hydrogen-bond acceptors (Lipinski definition) is 2. The van der Waals surface area contributed by atoms with Crippen LogP contribution in [0.25, 0.3) is 77.1 Å². The van der Waals surface area contributed by atoms with Gasteiger partial charge in [0.15, 0.2) is 0 Å². The molecule has 42 heavy (non-hydrogen) atoms. The quantitative estimate of drug-likeness (QED) is 0.210. The van der Waals surface area contributed by atoms with E-state index in [1.54, 1.807) is 0 Å². The van der Waals surface area contributed by atoms with E-state index in [9.17, 15) is 0 Å². The fraction of sp³-hybridized carbons (Fsp3) is 0. The second-order valence-corrected chi connectivity index (χ2v) is 10.6. The number of rotatable bonds is 4. The summed E-state index contributed by atoms with van der Waals surface area (Å²) in [4.78, 5) is 9.24. The first-order valence-corrected chi connectivity index (χ1v) is 14.2. The van der Waals surface area contributed by atoms with E-state index in [4.69, 9.17) is 0 Å². The first kappa shape index (κ1) is 24.2. The summed E-state index contributed by atoms with van der Waals surface area (Å²) in [5.74, 6) is 0. The largest absolute Gasteiger partial charge is 0.256 e. The molecule has 0 aliphatic rings. The molecule has 0 unspecified atom stereocenters. The fourth-order valence-electron chi connectivity index (χ4n) is 6.26. The van der Waals surface area contributed by atoms with E-state index in [1.807, 2.05) is 36.7 Å². The summed E-state index contributed by atoms with van der Waals surface area (Å²) >= 11 is 0. The molecule has 0 aliphatic heterocycles. The van der Waals surface area contributed by atoms with Gasteiger partial charge in [0.1, 0.15) is 0 Å². The van der Waals surface area contributed by atoms with Crippen molar-refractivity contribution in [3.8, 4) is 44.8 Å². The molecule has 2 heteroatoms. The molecule has 0 bridgehead atoms. The Balaban J connectivity index is 1.47. The molecule has 2 aromatic heterocycles. The van der Waals surface area contributed by atoms with Crippen molar-refractivity contribution in [2.45, 2.75) is 0 Å². The predicted octanol–water partition coefficient (Wildman–Crippen LogP) is 10.6. The monoisotopic (exact) mass is 534 g/mol. The van der Waals surface area contributed by atoms with Gasteiger partial charge in [-0.2, -0.15) is 0 Å². The summed E-state index contributed by atoms with van der Waals surface area (Å²) in [5.41, 5.74) is 9.07. The number of aromatic nitrogens is 2. The zero-order valence-corrected chi connectivity index (χ0v) is 22.9. The zero-order valence-electron chi connectivity index (χ0n) is 22.9. The van der Waals surface area contributed by atoms with Crippen LogP contribution in [0, 0.1) is 0 Å². The Bertz CT molecular complexity index is 2210. The standard InChI is InChI=1S/C40H26N2/c1-2-12-31-27(10-1)11-9-15-32(31)40-34-14-4-3-13-33(34)39(29-20-18-28(19-21-29)37-16-5-7-24-41-37)36-26-30(22-23-35(36)40)38-17-6-8-25-42-38/h1-26H. The maximum atomic E-state index is 4.68. The molecule has 0 aliphatic carbocycles. The van der Waals surface area contributed by atoms with Crippen molar-refractivity contribution in [2.24, 2.45) is 0 Å². The molecule has 2 heterocycles. The van der Waals surface area contributed by atoms with E-state index in [-0.39, 0.29) is 0 Å². The molecule has 0 radical (unpaired) electrons. The lowest BCUT2D eigenvalue weighted by Gasteiger charge is -2.19. The molecular weight excluding hydrogens is 508 g/mol. The molecule has 0 saturated heterocycles. The van der Waals surface area contributed by atoms with Gasteiger partial charge >= 0.3 is 0 Å². The lowest BCUT2D eigenvalue weighted by atomic mass is 9.84. The van der Waals surface area contributed by atoms with Gasteiger partial charge in [-0.05, 0) is 84.9 Å². The van der Waals surface area contributed by atoms with Crippen LogP contribution in [0.4, 0.5) is 0 Å². The predicted molar refractivity (Wildman–Crippen MR) is 176 cm³/mol. The highest BCUT2D eigenvalue weighted by Gasteiger charge is 2.19. The van der Waals surface area contributed by atoms with Gasteiger partial charge in [0.05, 0.1) is 11.4 Å². The first-order chi connectivity index (χ1) is 20.8. The summed E-state index contributed by atoms with van der Waals surface area (Å²) in [7, 11) is 0. The average molecular weight is 535 g/mol. The Kier molecular flexibility index (Phi) is 5.82. The number of nitrogens with zero attached hydrogens (tertiary/aromatic N) is 2. The Morgan fingerprint density at radius 1 is 0.333 bits per heavy atom. The maximum absolute atomic E-state index is 4.68. The van der Waals surface area contributed by atoms with Crippen LogP contribution in [0.3, 0.4) is 0 Å². The Hall–Kier alpha value is -5.60. The highest BCUT2D eigenvalue weighted by atomic mass is 14.7. The maximum Gasteiger partial charge on any atom is 0.0702 e. The van der Waals surface area contributed by atoms with Crippen molar-refractivity contribution in [3.63, 3.8) is 0 Å². The fourth-order valence-corrected chi connectivity index (χ4v) is 6.26. The summed E-state index contributed by atoms with van der Waals surface area (Å²) in [6, 6.07) is 51.9. The van der Waals surface area contributed by atoms with Crippen molar-refractivity contribution >= 4 is 32.3 Å². The van der Waals surface area contributed by atoms with E-state index < -0.39 is 0 Å². The summed E-state index contributed by atoms with van der Waals surface area (Å²) < 4.78 is 0. The number of hydrogen-bond donors (Lipinski definition) is 0. The van der Waals surface area contributed by atoms with Crippen molar-refractivity contribution in [3.05, 3.63) is 158 Å². The van der Waals surface area contributed by atoms with Crippen LogP contribution in [0.15, 0.2) is 158 Å². The highest BCUT2D eigenvalue weighted by Crippen LogP contribution is 2.46. The third kappa shape index (κ3) is 4.05. The van der Waals surface area contributed by atoms with Crippen LogP contribution in [0.2, 0.25) is 0 Å². The van der Waals surface area contributed by atoms with Gasteiger partial charge < -0.3 is 0 Å². The summed E-state index contributed by atoms with van der Waals surface area (Å²) in [6.07, 6.45) is 3.70. The molecule has 0 amide bonds. The Labute approximate surface area is 244 Å². The molecule has 6 aromatic carbocycles. The lowest BCUT2D eigenvalue weighted by Crippen LogP contribution is -1.93. The van der Waals surface area contributed by atoms with Crippen LogP contribution in [0.5, 0.6) is 0 Å². The van der Waals surface area contributed by atoms with Crippen LogP contribution in [-0.4, -0.2) is 9.97 Å². The van der Waals surface area contributed by atoms with Gasteiger partial charge in [0.25, 0.3) is 0 Å². The molecule has 0 N–H and O–H groups in total. The minimum atomic E-state index is 0.968. The molecule has 0 spiro atoms. The minimum Gasteiger partial charge on any atom is -0.256 e. The van der Waals surface area contributed by atoms with E-state index in [2.05, 4.69) is 131 Å². The molecule has 196 valence electrons. The summed E-state index contributed by atoms with van der Waals surface area (Å²) in [6.45, 7) is 0. The van der Waals surface area contributed by atoms with E-state index in [0.29, 0.717) is 0 Å². The minimum absolute atomic E-state index is 0.968. The zero-order chi connectivity index (χ0) is 27.9. The average Bonchev–Trinajstić information content (AvgIpc) is 3.08. The molecule has 0 atom stereocenters. The molecular formula is C40H26N2. The molecule has 0 saturated carbocycles.